The molecule has 0 spiro atoms. The lowest BCUT2D eigenvalue weighted by atomic mass is 10.0. The third-order valence-electron chi connectivity index (χ3n) is 3.00. The highest BCUT2D eigenvalue weighted by atomic mass is 35.5. The number of alkyl halides is 1. The minimum Gasteiger partial charge on any atom is -0.346 e. The lowest BCUT2D eigenvalue weighted by Crippen LogP contribution is -2.49. The quantitative estimate of drug-likeness (QED) is 0.863. The Balaban J connectivity index is 2.30. The molecule has 0 radical (unpaired) electrons. The van der Waals surface area contributed by atoms with Crippen LogP contribution in [-0.2, 0) is 0 Å². The molecule has 0 aliphatic rings. The van der Waals surface area contributed by atoms with Gasteiger partial charge in [0.1, 0.15) is 0 Å². The zero-order chi connectivity index (χ0) is 13.3. The molecule has 2 aromatic heterocycles. The molecule has 6 heteroatoms. The minimum absolute atomic E-state index is 0.179. The van der Waals surface area contributed by atoms with E-state index in [4.69, 9.17) is 11.6 Å². The van der Waals surface area contributed by atoms with Gasteiger partial charge in [0.2, 0.25) is 0 Å². The Morgan fingerprint density at radius 2 is 2.22 bits per heavy atom. The van der Waals surface area contributed by atoms with Crippen LogP contribution < -0.4 is 5.32 Å². The predicted molar refractivity (Wildman–Crippen MR) is 69.8 cm³/mol. The highest BCUT2D eigenvalue weighted by Crippen LogP contribution is 2.17. The molecule has 0 aliphatic carbocycles. The van der Waals surface area contributed by atoms with Crippen molar-refractivity contribution in [2.24, 2.45) is 0 Å². The molecule has 5 nitrogen and oxygen atoms in total. The molecule has 1 unspecified atom stereocenters. The van der Waals surface area contributed by atoms with Crippen LogP contribution in [0, 0.1) is 0 Å². The second kappa shape index (κ2) is 4.57. The van der Waals surface area contributed by atoms with Crippen LogP contribution in [0.3, 0.4) is 0 Å². The summed E-state index contributed by atoms with van der Waals surface area (Å²) in [6, 6.07) is 0. The first-order valence-electron chi connectivity index (χ1n) is 5.66. The normalized spacial score (nSPS) is 13.6. The van der Waals surface area contributed by atoms with Gasteiger partial charge in [0, 0.05) is 12.4 Å². The number of aromatic nitrogens is 3. The predicted octanol–water partition coefficient (Wildman–Crippen LogP) is 1.86. The topological polar surface area (TPSA) is 59.3 Å². The SMILES string of the molecule is CC(Cl)C(C)(C)NC(=O)c1cnn2ccncc12. The van der Waals surface area contributed by atoms with Crippen molar-refractivity contribution in [2.75, 3.05) is 0 Å². The van der Waals surface area contributed by atoms with E-state index in [1.165, 1.54) is 6.20 Å². The number of fused-ring (bicyclic) bond motifs is 1. The lowest BCUT2D eigenvalue weighted by molar-refractivity contribution is 0.0914. The van der Waals surface area contributed by atoms with E-state index in [1.54, 1.807) is 23.1 Å². The van der Waals surface area contributed by atoms with Gasteiger partial charge in [0.05, 0.1) is 34.4 Å². The number of nitrogens with zero attached hydrogens (tertiary/aromatic N) is 3. The van der Waals surface area contributed by atoms with Crippen LogP contribution in [0.25, 0.3) is 5.52 Å². The number of rotatable bonds is 3. The Hall–Kier alpha value is -1.62. The smallest absolute Gasteiger partial charge is 0.255 e. The summed E-state index contributed by atoms with van der Waals surface area (Å²) >= 11 is 6.05. The number of halogens is 1. The molecule has 96 valence electrons. The number of amides is 1. The second-order valence-electron chi connectivity index (χ2n) is 4.76. The van der Waals surface area contributed by atoms with Gasteiger partial charge >= 0.3 is 0 Å². The average molecular weight is 267 g/mol. The number of hydrogen-bond donors (Lipinski definition) is 1. The molecule has 0 aliphatic heterocycles. The number of hydrogen-bond acceptors (Lipinski definition) is 3. The monoisotopic (exact) mass is 266 g/mol. The maximum absolute atomic E-state index is 12.2. The summed E-state index contributed by atoms with van der Waals surface area (Å²) in [6.07, 6.45) is 6.45. The first-order chi connectivity index (χ1) is 8.42. The largest absolute Gasteiger partial charge is 0.346 e. The first kappa shape index (κ1) is 12.8. The maximum atomic E-state index is 12.2. The summed E-state index contributed by atoms with van der Waals surface area (Å²) < 4.78 is 1.61. The van der Waals surface area contributed by atoms with Crippen molar-refractivity contribution in [3.63, 3.8) is 0 Å². The van der Waals surface area contributed by atoms with Crippen molar-refractivity contribution >= 4 is 23.0 Å². The van der Waals surface area contributed by atoms with Gasteiger partial charge in [-0.1, -0.05) is 0 Å². The van der Waals surface area contributed by atoms with Crippen LogP contribution in [0.1, 0.15) is 31.1 Å². The van der Waals surface area contributed by atoms with Crippen LogP contribution in [0.5, 0.6) is 0 Å². The van der Waals surface area contributed by atoms with Gasteiger partial charge in [-0.15, -0.1) is 11.6 Å². The van der Waals surface area contributed by atoms with E-state index in [2.05, 4.69) is 15.4 Å². The van der Waals surface area contributed by atoms with E-state index in [9.17, 15) is 4.79 Å². The third kappa shape index (κ3) is 2.31. The van der Waals surface area contributed by atoms with Gasteiger partial charge in [-0.2, -0.15) is 5.10 Å². The van der Waals surface area contributed by atoms with Gasteiger partial charge in [0.15, 0.2) is 0 Å². The van der Waals surface area contributed by atoms with Crippen molar-refractivity contribution in [2.45, 2.75) is 31.7 Å². The van der Waals surface area contributed by atoms with E-state index in [0.717, 1.165) is 0 Å². The molecule has 0 saturated heterocycles. The fourth-order valence-electron chi connectivity index (χ4n) is 1.47. The number of carbonyl (C=O) groups is 1. The highest BCUT2D eigenvalue weighted by Gasteiger charge is 2.27. The Kier molecular flexibility index (Phi) is 3.26. The third-order valence-corrected chi connectivity index (χ3v) is 3.55. The maximum Gasteiger partial charge on any atom is 0.255 e. The van der Waals surface area contributed by atoms with Crippen LogP contribution in [0.2, 0.25) is 0 Å². The van der Waals surface area contributed by atoms with E-state index in [0.29, 0.717) is 11.1 Å². The summed E-state index contributed by atoms with van der Waals surface area (Å²) in [4.78, 5) is 16.2. The molecule has 0 fully saturated rings. The molecule has 1 atom stereocenters. The molecule has 18 heavy (non-hydrogen) atoms. The summed E-state index contributed by atoms with van der Waals surface area (Å²) in [6.45, 7) is 5.61. The average Bonchev–Trinajstić information content (AvgIpc) is 2.71. The molecular formula is C12H15ClN4O. The molecule has 0 bridgehead atoms. The fourth-order valence-corrected chi connectivity index (χ4v) is 1.52. The highest BCUT2D eigenvalue weighted by molar-refractivity contribution is 6.21. The van der Waals surface area contributed by atoms with Crippen LogP contribution in [0.4, 0.5) is 0 Å². The Bertz CT molecular complexity index is 576. The van der Waals surface area contributed by atoms with Gasteiger partial charge < -0.3 is 5.32 Å². The van der Waals surface area contributed by atoms with Gasteiger partial charge in [0.25, 0.3) is 5.91 Å². The molecule has 1 N–H and O–H groups in total. The zero-order valence-electron chi connectivity index (χ0n) is 10.5. The number of carbonyl (C=O) groups excluding carboxylic acids is 1. The van der Waals surface area contributed by atoms with Crippen LogP contribution >= 0.6 is 11.6 Å². The zero-order valence-corrected chi connectivity index (χ0v) is 11.3. The summed E-state index contributed by atoms with van der Waals surface area (Å²) in [5.74, 6) is -0.199. The first-order valence-corrected chi connectivity index (χ1v) is 6.09. The molecule has 2 heterocycles. The van der Waals surface area contributed by atoms with Crippen LogP contribution in [-0.4, -0.2) is 31.4 Å². The Morgan fingerprint density at radius 3 is 2.89 bits per heavy atom. The van der Waals surface area contributed by atoms with Crippen molar-refractivity contribution in [1.29, 1.82) is 0 Å². The van der Waals surface area contributed by atoms with Crippen molar-refractivity contribution in [3.8, 4) is 0 Å². The second-order valence-corrected chi connectivity index (χ2v) is 5.41. The van der Waals surface area contributed by atoms with Crippen LogP contribution in [0.15, 0.2) is 24.8 Å². The van der Waals surface area contributed by atoms with Gasteiger partial charge in [-0.05, 0) is 20.8 Å². The van der Waals surface area contributed by atoms with Crippen molar-refractivity contribution in [3.05, 3.63) is 30.4 Å². The molecule has 1 amide bonds. The van der Waals surface area contributed by atoms with E-state index in [1.807, 2.05) is 20.8 Å². The Morgan fingerprint density at radius 1 is 1.50 bits per heavy atom. The molecule has 0 aromatic carbocycles. The van der Waals surface area contributed by atoms with Crippen molar-refractivity contribution < 1.29 is 4.79 Å². The lowest BCUT2D eigenvalue weighted by Gasteiger charge is -2.28. The summed E-state index contributed by atoms with van der Waals surface area (Å²) in [7, 11) is 0. The molecular weight excluding hydrogens is 252 g/mol. The summed E-state index contributed by atoms with van der Waals surface area (Å²) in [5.41, 5.74) is 0.677. The van der Waals surface area contributed by atoms with E-state index in [-0.39, 0.29) is 11.3 Å². The van der Waals surface area contributed by atoms with E-state index < -0.39 is 5.54 Å². The molecule has 0 saturated carbocycles. The minimum atomic E-state index is -0.491. The summed E-state index contributed by atoms with van der Waals surface area (Å²) in [5, 5.41) is 6.82. The molecule has 2 aromatic rings. The van der Waals surface area contributed by atoms with E-state index >= 15 is 0 Å². The fraction of sp³-hybridized carbons (Fsp3) is 0.417. The number of nitrogens with one attached hydrogen (secondary N) is 1. The standard InChI is InChI=1S/C12H15ClN4O/c1-8(13)12(2,3)16-11(18)9-6-15-17-5-4-14-7-10(9)17/h4-8H,1-3H3,(H,16,18). The van der Waals surface area contributed by atoms with Gasteiger partial charge in [-0.25, -0.2) is 4.52 Å². The molecule has 2 rings (SSSR count). The van der Waals surface area contributed by atoms with Crippen molar-refractivity contribution in [1.82, 2.24) is 19.9 Å². The Labute approximate surface area is 110 Å². The van der Waals surface area contributed by atoms with Gasteiger partial charge in [-0.3, -0.25) is 9.78 Å².